The van der Waals surface area contributed by atoms with Crippen LogP contribution < -0.4 is 10.6 Å². The maximum absolute atomic E-state index is 13.7. The third-order valence-electron chi connectivity index (χ3n) is 5.63. The Bertz CT molecular complexity index is 1480. The van der Waals surface area contributed by atoms with Gasteiger partial charge in [-0.2, -0.15) is 0 Å². The van der Waals surface area contributed by atoms with E-state index in [9.17, 15) is 14.0 Å². The summed E-state index contributed by atoms with van der Waals surface area (Å²) < 4.78 is 21.4. The average Bonchev–Trinajstić information content (AvgIpc) is 3.13. The summed E-state index contributed by atoms with van der Waals surface area (Å²) in [4.78, 5) is 33.4. The van der Waals surface area contributed by atoms with Crippen LogP contribution in [0.5, 0.6) is 0 Å². The first-order valence-corrected chi connectivity index (χ1v) is 12.4. The van der Waals surface area contributed by atoms with Crippen molar-refractivity contribution in [2.24, 2.45) is 7.05 Å². The number of nitrogens with zero attached hydrogens (tertiary/aromatic N) is 3. The summed E-state index contributed by atoms with van der Waals surface area (Å²) in [5, 5.41) is 6.09. The van der Waals surface area contributed by atoms with Gasteiger partial charge in [0.25, 0.3) is 0 Å². The van der Waals surface area contributed by atoms with Crippen molar-refractivity contribution in [3.8, 4) is 22.4 Å². The molecule has 2 N–H and O–H groups in total. The molecule has 0 unspecified atom stereocenters. The van der Waals surface area contributed by atoms with Gasteiger partial charge < -0.3 is 19.9 Å². The SMILES string of the molecule is Cc1c(Br)c(NC(=O)CNC(=O)OC(C)(C)C)nc2c1c(-c1ccncc1)c(-c1ccc(F)cc1)n2C. The van der Waals surface area contributed by atoms with E-state index >= 15 is 0 Å². The quantitative estimate of drug-likeness (QED) is 0.309. The van der Waals surface area contributed by atoms with E-state index in [1.54, 1.807) is 45.3 Å². The lowest BCUT2D eigenvalue weighted by molar-refractivity contribution is -0.115. The third kappa shape index (κ3) is 5.64. The van der Waals surface area contributed by atoms with E-state index in [4.69, 9.17) is 9.72 Å². The van der Waals surface area contributed by atoms with E-state index in [0.717, 1.165) is 33.3 Å². The van der Waals surface area contributed by atoms with Gasteiger partial charge in [0.15, 0.2) is 0 Å². The number of anilines is 1. The van der Waals surface area contributed by atoms with E-state index in [-0.39, 0.29) is 12.4 Å². The number of carbonyl (C=O) groups excluding carboxylic acids is 2. The van der Waals surface area contributed by atoms with Crippen molar-refractivity contribution in [3.63, 3.8) is 0 Å². The number of nitrogens with one attached hydrogen (secondary N) is 2. The van der Waals surface area contributed by atoms with Gasteiger partial charge >= 0.3 is 6.09 Å². The normalized spacial score (nSPS) is 11.4. The van der Waals surface area contributed by atoms with Crippen LogP contribution in [0.15, 0.2) is 53.3 Å². The van der Waals surface area contributed by atoms with Crippen molar-refractivity contribution in [2.45, 2.75) is 33.3 Å². The lowest BCUT2D eigenvalue weighted by Gasteiger charge is -2.19. The molecule has 0 bridgehead atoms. The van der Waals surface area contributed by atoms with Crippen molar-refractivity contribution in [1.82, 2.24) is 19.9 Å². The molecule has 192 valence electrons. The summed E-state index contributed by atoms with van der Waals surface area (Å²) in [6, 6.07) is 10.1. The number of alkyl carbamates (subject to hydrolysis) is 1. The van der Waals surface area contributed by atoms with Crippen LogP contribution in [0.2, 0.25) is 0 Å². The van der Waals surface area contributed by atoms with E-state index < -0.39 is 17.6 Å². The molecule has 3 heterocycles. The number of ether oxygens (including phenoxy) is 1. The fourth-order valence-electron chi connectivity index (χ4n) is 4.07. The minimum absolute atomic E-state index is 0.281. The first kappa shape index (κ1) is 26.3. The molecule has 0 spiro atoms. The van der Waals surface area contributed by atoms with Gasteiger partial charge in [-0.05, 0) is 96.7 Å². The van der Waals surface area contributed by atoms with Crippen LogP contribution in [-0.4, -0.2) is 38.7 Å². The van der Waals surface area contributed by atoms with Crippen molar-refractivity contribution in [3.05, 3.63) is 64.6 Å². The van der Waals surface area contributed by atoms with Crippen LogP contribution in [0.25, 0.3) is 33.4 Å². The molecule has 4 aromatic rings. The zero-order valence-corrected chi connectivity index (χ0v) is 22.7. The molecule has 37 heavy (non-hydrogen) atoms. The fourth-order valence-corrected chi connectivity index (χ4v) is 4.46. The summed E-state index contributed by atoms with van der Waals surface area (Å²) >= 11 is 3.60. The number of aromatic nitrogens is 3. The number of hydrogen-bond donors (Lipinski definition) is 2. The van der Waals surface area contributed by atoms with Gasteiger partial charge in [-0.25, -0.2) is 14.2 Å². The van der Waals surface area contributed by atoms with Gasteiger partial charge in [-0.1, -0.05) is 0 Å². The van der Waals surface area contributed by atoms with Gasteiger partial charge in [0.2, 0.25) is 5.91 Å². The van der Waals surface area contributed by atoms with Crippen LogP contribution in [0, 0.1) is 12.7 Å². The Balaban J connectivity index is 1.77. The van der Waals surface area contributed by atoms with Gasteiger partial charge in [-0.15, -0.1) is 0 Å². The second kappa shape index (κ2) is 10.3. The zero-order chi connectivity index (χ0) is 26.9. The first-order valence-electron chi connectivity index (χ1n) is 11.6. The number of benzene rings is 1. The molecular formula is C27H27BrFN5O3. The second-order valence-electron chi connectivity index (χ2n) is 9.53. The standard InChI is InChI=1S/C27H27BrFN5O3/c1-15-20-21(16-10-12-30-13-11-16)23(17-6-8-18(29)9-7-17)34(5)25(20)33-24(22(15)28)32-19(35)14-31-26(36)37-27(2,3)4/h6-13H,14H2,1-5H3,(H,31,36)(H,32,33,35). The summed E-state index contributed by atoms with van der Waals surface area (Å²) in [6.07, 6.45) is 2.74. The summed E-state index contributed by atoms with van der Waals surface area (Å²) in [7, 11) is 1.88. The topological polar surface area (TPSA) is 98.1 Å². The highest BCUT2D eigenvalue weighted by Gasteiger charge is 2.24. The Morgan fingerprint density at radius 2 is 1.73 bits per heavy atom. The fraction of sp³-hybridized carbons (Fsp3) is 0.259. The molecule has 0 aliphatic rings. The number of halogens is 2. The predicted octanol–water partition coefficient (Wildman–Crippen LogP) is 5.98. The first-order chi connectivity index (χ1) is 17.5. The van der Waals surface area contributed by atoms with E-state index in [1.165, 1.54) is 12.1 Å². The van der Waals surface area contributed by atoms with Gasteiger partial charge in [0.05, 0.1) is 10.2 Å². The minimum atomic E-state index is -0.685. The molecule has 0 atom stereocenters. The van der Waals surface area contributed by atoms with Crippen LogP contribution >= 0.6 is 15.9 Å². The van der Waals surface area contributed by atoms with Crippen LogP contribution in [-0.2, 0) is 16.6 Å². The number of hydrogen-bond acceptors (Lipinski definition) is 5. The highest BCUT2D eigenvalue weighted by atomic mass is 79.9. The second-order valence-corrected chi connectivity index (χ2v) is 10.3. The van der Waals surface area contributed by atoms with Crippen molar-refractivity contribution in [2.75, 3.05) is 11.9 Å². The zero-order valence-electron chi connectivity index (χ0n) is 21.1. The number of rotatable bonds is 5. The molecule has 8 nitrogen and oxygen atoms in total. The molecule has 0 radical (unpaired) electrons. The Morgan fingerprint density at radius 3 is 2.35 bits per heavy atom. The Kier molecular flexibility index (Phi) is 7.31. The predicted molar refractivity (Wildman–Crippen MR) is 145 cm³/mol. The highest BCUT2D eigenvalue weighted by molar-refractivity contribution is 9.10. The summed E-state index contributed by atoms with van der Waals surface area (Å²) in [5.74, 6) is -0.469. The largest absolute Gasteiger partial charge is 0.444 e. The smallest absolute Gasteiger partial charge is 0.408 e. The number of aryl methyl sites for hydroxylation is 2. The minimum Gasteiger partial charge on any atom is -0.444 e. The summed E-state index contributed by atoms with van der Waals surface area (Å²) in [5.41, 5.74) is 4.32. The number of carbonyl (C=O) groups is 2. The number of amides is 2. The molecule has 0 saturated heterocycles. The van der Waals surface area contributed by atoms with Crippen molar-refractivity contribution >= 4 is 44.8 Å². The molecule has 4 rings (SSSR count). The van der Waals surface area contributed by atoms with Crippen LogP contribution in [0.1, 0.15) is 26.3 Å². The van der Waals surface area contributed by atoms with E-state index in [1.807, 2.05) is 30.7 Å². The van der Waals surface area contributed by atoms with Crippen LogP contribution in [0.4, 0.5) is 15.0 Å². The molecular weight excluding hydrogens is 541 g/mol. The summed E-state index contributed by atoms with van der Waals surface area (Å²) in [6.45, 7) is 6.88. The molecule has 0 aliphatic heterocycles. The number of fused-ring (bicyclic) bond motifs is 1. The monoisotopic (exact) mass is 567 g/mol. The average molecular weight is 568 g/mol. The van der Waals surface area contributed by atoms with Crippen molar-refractivity contribution < 1.29 is 18.7 Å². The number of pyridine rings is 2. The molecule has 0 saturated carbocycles. The van der Waals surface area contributed by atoms with Gasteiger partial charge in [0, 0.05) is 30.4 Å². The van der Waals surface area contributed by atoms with Crippen molar-refractivity contribution in [1.29, 1.82) is 0 Å². The maximum Gasteiger partial charge on any atom is 0.408 e. The molecule has 0 fully saturated rings. The van der Waals surface area contributed by atoms with Gasteiger partial charge in [0.1, 0.15) is 29.4 Å². The molecule has 0 aliphatic carbocycles. The Labute approximate surface area is 222 Å². The van der Waals surface area contributed by atoms with E-state index in [2.05, 4.69) is 31.5 Å². The van der Waals surface area contributed by atoms with E-state index in [0.29, 0.717) is 15.9 Å². The molecule has 3 aromatic heterocycles. The molecule has 1 aromatic carbocycles. The Hall–Kier alpha value is -3.79. The van der Waals surface area contributed by atoms with Gasteiger partial charge in [-0.3, -0.25) is 9.78 Å². The lowest BCUT2D eigenvalue weighted by atomic mass is 9.97. The van der Waals surface area contributed by atoms with Crippen LogP contribution in [0.3, 0.4) is 0 Å². The lowest BCUT2D eigenvalue weighted by Crippen LogP contribution is -2.37. The Morgan fingerprint density at radius 1 is 1.08 bits per heavy atom. The molecule has 10 heteroatoms. The highest BCUT2D eigenvalue weighted by Crippen LogP contribution is 2.43. The maximum atomic E-state index is 13.7. The molecule has 2 amide bonds. The third-order valence-corrected chi connectivity index (χ3v) is 6.60.